The fourth-order valence-corrected chi connectivity index (χ4v) is 1.62. The molecule has 0 saturated carbocycles. The molecule has 1 amide bonds. The quantitative estimate of drug-likeness (QED) is 0.888. The van der Waals surface area contributed by atoms with Crippen molar-refractivity contribution < 1.29 is 18.7 Å². The fourth-order valence-electron chi connectivity index (χ4n) is 1.62. The zero-order valence-electron chi connectivity index (χ0n) is 11.5. The highest BCUT2D eigenvalue weighted by Crippen LogP contribution is 2.13. The van der Waals surface area contributed by atoms with Crippen LogP contribution in [0.5, 0.6) is 11.6 Å². The van der Waals surface area contributed by atoms with Gasteiger partial charge in [0.15, 0.2) is 0 Å². The van der Waals surface area contributed by atoms with Crippen molar-refractivity contribution >= 4 is 11.6 Å². The van der Waals surface area contributed by atoms with E-state index in [1.54, 1.807) is 24.3 Å². The molecule has 2 rings (SSSR count). The van der Waals surface area contributed by atoms with E-state index in [0.717, 1.165) is 0 Å². The number of amides is 1. The Morgan fingerprint density at radius 3 is 2.86 bits per heavy atom. The zero-order chi connectivity index (χ0) is 15.1. The molecule has 5 nitrogen and oxygen atoms in total. The summed E-state index contributed by atoms with van der Waals surface area (Å²) < 4.78 is 23.1. The van der Waals surface area contributed by atoms with Crippen molar-refractivity contribution in [2.24, 2.45) is 0 Å². The van der Waals surface area contributed by atoms with Gasteiger partial charge < -0.3 is 14.8 Å². The molecule has 1 aromatic carbocycles. The molecule has 0 aliphatic rings. The van der Waals surface area contributed by atoms with Gasteiger partial charge in [0.25, 0.3) is 0 Å². The van der Waals surface area contributed by atoms with Gasteiger partial charge in [-0.3, -0.25) is 4.79 Å². The number of hydrogen-bond donors (Lipinski definition) is 1. The first kappa shape index (κ1) is 14.8. The molecule has 0 spiro atoms. The molecule has 0 radical (unpaired) electrons. The van der Waals surface area contributed by atoms with Crippen LogP contribution in [0.4, 0.5) is 10.1 Å². The summed E-state index contributed by atoms with van der Waals surface area (Å²) in [6.07, 6.45) is 1.66. The first-order valence-electron chi connectivity index (χ1n) is 6.35. The molecule has 0 bridgehead atoms. The van der Waals surface area contributed by atoms with Crippen LogP contribution < -0.4 is 14.8 Å². The molecule has 0 aliphatic heterocycles. The molecule has 1 aromatic heterocycles. The molecule has 0 unspecified atom stereocenters. The van der Waals surface area contributed by atoms with E-state index in [9.17, 15) is 9.18 Å². The van der Waals surface area contributed by atoms with Crippen LogP contribution in [0.3, 0.4) is 0 Å². The molecule has 1 N–H and O–H groups in total. The maximum atomic E-state index is 12.9. The third-order valence-corrected chi connectivity index (χ3v) is 2.62. The van der Waals surface area contributed by atoms with Crippen LogP contribution >= 0.6 is 0 Å². The summed E-state index contributed by atoms with van der Waals surface area (Å²) in [4.78, 5) is 15.7. The van der Waals surface area contributed by atoms with Gasteiger partial charge >= 0.3 is 0 Å². The van der Waals surface area contributed by atoms with Crippen molar-refractivity contribution in [3.63, 3.8) is 0 Å². The Bertz CT molecular complexity index is 602. The Hall–Kier alpha value is -2.63. The number of aromatic nitrogens is 1. The minimum Gasteiger partial charge on any atom is -0.493 e. The third-order valence-electron chi connectivity index (χ3n) is 2.62. The van der Waals surface area contributed by atoms with Crippen LogP contribution in [0.15, 0.2) is 42.6 Å². The van der Waals surface area contributed by atoms with Gasteiger partial charge in [0.1, 0.15) is 11.6 Å². The third kappa shape index (κ3) is 4.76. The van der Waals surface area contributed by atoms with Crippen LogP contribution in [0.2, 0.25) is 0 Å². The van der Waals surface area contributed by atoms with E-state index in [1.165, 1.54) is 25.4 Å². The summed E-state index contributed by atoms with van der Waals surface area (Å²) in [5.41, 5.74) is 0.576. The van der Waals surface area contributed by atoms with Crippen LogP contribution in [0, 0.1) is 5.82 Å². The Kier molecular flexibility index (Phi) is 5.09. The Balaban J connectivity index is 1.76. The maximum Gasteiger partial charge on any atom is 0.227 e. The molecule has 0 fully saturated rings. The normalized spacial score (nSPS) is 10.0. The minimum absolute atomic E-state index is 0.155. The first-order chi connectivity index (χ1) is 10.2. The average Bonchev–Trinajstić information content (AvgIpc) is 2.48. The monoisotopic (exact) mass is 290 g/mol. The number of hydrogen-bond acceptors (Lipinski definition) is 4. The summed E-state index contributed by atoms with van der Waals surface area (Å²) in [6.45, 7) is 0.166. The van der Waals surface area contributed by atoms with E-state index in [-0.39, 0.29) is 24.8 Å². The van der Waals surface area contributed by atoms with Gasteiger partial charge in [-0.25, -0.2) is 9.37 Å². The van der Waals surface area contributed by atoms with Gasteiger partial charge in [0, 0.05) is 12.1 Å². The molecular formula is C15H15FN2O3. The van der Waals surface area contributed by atoms with Gasteiger partial charge in [-0.05, 0) is 18.2 Å². The van der Waals surface area contributed by atoms with Gasteiger partial charge in [0.2, 0.25) is 11.8 Å². The van der Waals surface area contributed by atoms with Crippen molar-refractivity contribution in [3.05, 3.63) is 48.4 Å². The van der Waals surface area contributed by atoms with Gasteiger partial charge in [-0.2, -0.15) is 0 Å². The minimum atomic E-state index is -0.374. The molecule has 0 atom stereocenters. The van der Waals surface area contributed by atoms with Crippen molar-refractivity contribution in [3.8, 4) is 11.6 Å². The molecule has 1 heterocycles. The number of carbonyl (C=O) groups is 1. The molecular weight excluding hydrogens is 275 g/mol. The van der Waals surface area contributed by atoms with E-state index in [4.69, 9.17) is 9.47 Å². The van der Waals surface area contributed by atoms with Gasteiger partial charge in [-0.15, -0.1) is 0 Å². The smallest absolute Gasteiger partial charge is 0.227 e. The topological polar surface area (TPSA) is 60.5 Å². The second-order valence-corrected chi connectivity index (χ2v) is 4.19. The number of methoxy groups -OCH3 is 1. The number of pyridine rings is 1. The molecule has 110 valence electrons. The molecule has 6 heteroatoms. The highest BCUT2D eigenvalue weighted by atomic mass is 19.1. The largest absolute Gasteiger partial charge is 0.493 e. The van der Waals surface area contributed by atoms with E-state index in [2.05, 4.69) is 10.3 Å². The van der Waals surface area contributed by atoms with Crippen LogP contribution in [0.25, 0.3) is 0 Å². The number of rotatable bonds is 6. The molecule has 21 heavy (non-hydrogen) atoms. The first-order valence-corrected chi connectivity index (χ1v) is 6.35. The molecule has 0 saturated heterocycles. The lowest BCUT2D eigenvalue weighted by Gasteiger charge is -2.07. The Morgan fingerprint density at radius 1 is 1.33 bits per heavy atom. The number of carbonyl (C=O) groups excluding carboxylic acids is 1. The van der Waals surface area contributed by atoms with E-state index in [0.29, 0.717) is 17.3 Å². The average molecular weight is 290 g/mol. The SMILES string of the molecule is COc1ccc(NC(=O)CCOc2cccc(F)c2)cn1. The summed E-state index contributed by atoms with van der Waals surface area (Å²) in [7, 11) is 1.52. The van der Waals surface area contributed by atoms with E-state index >= 15 is 0 Å². The molecule has 0 aliphatic carbocycles. The number of benzene rings is 1. The summed E-state index contributed by atoms with van der Waals surface area (Å²) in [6, 6.07) is 9.12. The highest BCUT2D eigenvalue weighted by molar-refractivity contribution is 5.90. The van der Waals surface area contributed by atoms with E-state index < -0.39 is 0 Å². The van der Waals surface area contributed by atoms with Gasteiger partial charge in [0.05, 0.1) is 32.0 Å². The predicted octanol–water partition coefficient (Wildman–Crippen LogP) is 2.64. The Labute approximate surface area is 121 Å². The number of ether oxygens (including phenoxy) is 2. The Morgan fingerprint density at radius 2 is 2.19 bits per heavy atom. The zero-order valence-corrected chi connectivity index (χ0v) is 11.5. The summed E-state index contributed by atoms with van der Waals surface area (Å²) >= 11 is 0. The summed E-state index contributed by atoms with van der Waals surface area (Å²) in [5, 5.41) is 2.68. The van der Waals surface area contributed by atoms with Crippen LogP contribution in [-0.2, 0) is 4.79 Å². The lowest BCUT2D eigenvalue weighted by molar-refractivity contribution is -0.116. The van der Waals surface area contributed by atoms with Crippen molar-refractivity contribution in [2.75, 3.05) is 19.0 Å². The van der Waals surface area contributed by atoms with Crippen molar-refractivity contribution in [1.29, 1.82) is 0 Å². The second-order valence-electron chi connectivity index (χ2n) is 4.19. The standard InChI is InChI=1S/C15H15FN2O3/c1-20-15-6-5-12(10-17-15)18-14(19)7-8-21-13-4-2-3-11(16)9-13/h2-6,9-10H,7-8H2,1H3,(H,18,19). The maximum absolute atomic E-state index is 12.9. The lowest BCUT2D eigenvalue weighted by Crippen LogP contribution is -2.15. The summed E-state index contributed by atoms with van der Waals surface area (Å²) in [5.74, 6) is 0.288. The fraction of sp³-hybridized carbons (Fsp3) is 0.200. The van der Waals surface area contributed by atoms with Crippen molar-refractivity contribution in [1.82, 2.24) is 4.98 Å². The van der Waals surface area contributed by atoms with Crippen LogP contribution in [0.1, 0.15) is 6.42 Å². The number of nitrogens with one attached hydrogen (secondary N) is 1. The molecule has 2 aromatic rings. The lowest BCUT2D eigenvalue weighted by atomic mass is 10.3. The van der Waals surface area contributed by atoms with Crippen LogP contribution in [-0.4, -0.2) is 24.6 Å². The van der Waals surface area contributed by atoms with Gasteiger partial charge in [-0.1, -0.05) is 6.07 Å². The number of halogens is 1. The number of nitrogens with zero attached hydrogens (tertiary/aromatic N) is 1. The van der Waals surface area contributed by atoms with Crippen molar-refractivity contribution in [2.45, 2.75) is 6.42 Å². The highest BCUT2D eigenvalue weighted by Gasteiger charge is 2.04. The second kappa shape index (κ2) is 7.23. The number of anilines is 1. The van der Waals surface area contributed by atoms with E-state index in [1.807, 2.05) is 0 Å². The predicted molar refractivity (Wildman–Crippen MR) is 75.9 cm³/mol.